The number of aryl methyl sites for hydroxylation is 1. The number of hydrogen-bond acceptors (Lipinski definition) is 2. The molecule has 0 radical (unpaired) electrons. The molecule has 3 aromatic rings. The van der Waals surface area contributed by atoms with Crippen LogP contribution in [0.2, 0.25) is 0 Å². The molecule has 0 heterocycles. The Morgan fingerprint density at radius 3 is 1.96 bits per heavy atom. The number of ether oxygens (including phenoxy) is 1. The van der Waals surface area contributed by atoms with Gasteiger partial charge in [0.25, 0.3) is 0 Å². The van der Waals surface area contributed by atoms with E-state index in [0.29, 0.717) is 5.56 Å². The number of carbonyl (C=O) groups is 1. The number of benzene rings is 3. The van der Waals surface area contributed by atoms with Crippen LogP contribution in [0.15, 0.2) is 54.6 Å². The van der Waals surface area contributed by atoms with E-state index in [0.717, 1.165) is 28.0 Å². The molecule has 0 amide bonds. The van der Waals surface area contributed by atoms with Gasteiger partial charge in [-0.3, -0.25) is 0 Å². The highest BCUT2D eigenvalue weighted by atomic mass is 16.5. The maximum atomic E-state index is 11.0. The zero-order valence-electron chi connectivity index (χ0n) is 16.6. The van der Waals surface area contributed by atoms with Crippen LogP contribution in [-0.4, -0.2) is 18.2 Å². The molecule has 28 heavy (non-hydrogen) atoms. The Bertz CT molecular complexity index is 1030. The van der Waals surface area contributed by atoms with E-state index in [-0.39, 0.29) is 0 Å². The van der Waals surface area contributed by atoms with Crippen LogP contribution in [0.1, 0.15) is 38.2 Å². The Morgan fingerprint density at radius 2 is 1.43 bits per heavy atom. The lowest BCUT2D eigenvalue weighted by molar-refractivity contribution is 0.0697. The van der Waals surface area contributed by atoms with Gasteiger partial charge in [0.2, 0.25) is 0 Å². The van der Waals surface area contributed by atoms with Gasteiger partial charge in [-0.2, -0.15) is 0 Å². The number of rotatable bonds is 5. The lowest BCUT2D eigenvalue weighted by Crippen LogP contribution is -1.95. The van der Waals surface area contributed by atoms with Crippen molar-refractivity contribution in [1.29, 1.82) is 0 Å². The fourth-order valence-electron chi connectivity index (χ4n) is 3.31. The highest BCUT2D eigenvalue weighted by Gasteiger charge is 2.08. The van der Waals surface area contributed by atoms with Gasteiger partial charge in [-0.15, -0.1) is 0 Å². The van der Waals surface area contributed by atoms with Crippen LogP contribution in [0.25, 0.3) is 23.3 Å². The molecular weight excluding hydrogens is 348 g/mol. The van der Waals surface area contributed by atoms with Gasteiger partial charge in [-0.05, 0) is 77.9 Å². The molecule has 0 atom stereocenters. The Hall–Kier alpha value is -3.33. The molecule has 0 spiro atoms. The fraction of sp³-hybridized carbons (Fsp3) is 0.160. The predicted octanol–water partition coefficient (Wildman–Crippen LogP) is 6.16. The van der Waals surface area contributed by atoms with Crippen molar-refractivity contribution in [1.82, 2.24) is 0 Å². The average molecular weight is 372 g/mol. The highest BCUT2D eigenvalue weighted by molar-refractivity contribution is 5.88. The topological polar surface area (TPSA) is 46.5 Å². The molecule has 0 aromatic heterocycles. The molecule has 3 nitrogen and oxygen atoms in total. The molecule has 0 aliphatic rings. The summed E-state index contributed by atoms with van der Waals surface area (Å²) in [6, 6.07) is 17.2. The third kappa shape index (κ3) is 3.99. The summed E-state index contributed by atoms with van der Waals surface area (Å²) in [6.07, 6.45) is 4.26. The average Bonchev–Trinajstić information content (AvgIpc) is 2.71. The predicted molar refractivity (Wildman–Crippen MR) is 115 cm³/mol. The zero-order valence-corrected chi connectivity index (χ0v) is 16.6. The van der Waals surface area contributed by atoms with Crippen molar-refractivity contribution in [2.24, 2.45) is 0 Å². The first-order valence-electron chi connectivity index (χ1n) is 9.17. The molecule has 0 aliphatic carbocycles. The number of methoxy groups -OCH3 is 1. The molecule has 0 aliphatic heterocycles. The largest absolute Gasteiger partial charge is 0.496 e. The lowest BCUT2D eigenvalue weighted by atomic mass is 9.96. The van der Waals surface area contributed by atoms with Crippen molar-refractivity contribution in [3.63, 3.8) is 0 Å². The van der Waals surface area contributed by atoms with Crippen LogP contribution in [0.3, 0.4) is 0 Å². The first kappa shape index (κ1) is 19.4. The maximum absolute atomic E-state index is 11.0. The Balaban J connectivity index is 1.83. The van der Waals surface area contributed by atoms with E-state index in [2.05, 4.69) is 63.3 Å². The van der Waals surface area contributed by atoms with Crippen LogP contribution >= 0.6 is 0 Å². The maximum Gasteiger partial charge on any atom is 0.335 e. The van der Waals surface area contributed by atoms with Crippen molar-refractivity contribution >= 4 is 18.1 Å². The van der Waals surface area contributed by atoms with E-state index >= 15 is 0 Å². The van der Waals surface area contributed by atoms with Crippen LogP contribution in [0, 0.1) is 20.8 Å². The highest BCUT2D eigenvalue weighted by Crippen LogP contribution is 2.29. The van der Waals surface area contributed by atoms with Crippen LogP contribution in [-0.2, 0) is 0 Å². The first-order chi connectivity index (χ1) is 13.4. The van der Waals surface area contributed by atoms with E-state index in [1.54, 1.807) is 19.2 Å². The van der Waals surface area contributed by atoms with Gasteiger partial charge in [-0.25, -0.2) is 4.79 Å². The van der Waals surface area contributed by atoms with E-state index in [1.807, 2.05) is 12.1 Å². The number of aromatic carboxylic acids is 1. The van der Waals surface area contributed by atoms with Gasteiger partial charge in [0.05, 0.1) is 12.7 Å². The minimum Gasteiger partial charge on any atom is -0.496 e. The van der Waals surface area contributed by atoms with Crippen molar-refractivity contribution in [2.75, 3.05) is 7.11 Å². The summed E-state index contributed by atoms with van der Waals surface area (Å²) in [5, 5.41) is 9.01. The van der Waals surface area contributed by atoms with Crippen LogP contribution in [0.4, 0.5) is 0 Å². The summed E-state index contributed by atoms with van der Waals surface area (Å²) in [5.41, 5.74) is 8.25. The van der Waals surface area contributed by atoms with Crippen molar-refractivity contribution < 1.29 is 14.6 Å². The Kier molecular flexibility index (Phi) is 5.65. The fourth-order valence-corrected chi connectivity index (χ4v) is 3.31. The van der Waals surface area contributed by atoms with E-state index in [4.69, 9.17) is 9.84 Å². The smallest absolute Gasteiger partial charge is 0.335 e. The molecule has 3 heteroatoms. The molecule has 1 N–H and O–H groups in total. The monoisotopic (exact) mass is 372 g/mol. The van der Waals surface area contributed by atoms with Crippen molar-refractivity contribution in [3.8, 4) is 16.9 Å². The van der Waals surface area contributed by atoms with Gasteiger partial charge in [0, 0.05) is 0 Å². The van der Waals surface area contributed by atoms with E-state index in [1.165, 1.54) is 16.7 Å². The standard InChI is InChI=1S/C25H24O3/c1-16-15-24(28-4)18(3)17(2)23(16)14-7-19-5-8-20(9-6-19)21-10-12-22(13-11-21)25(26)27/h5-15H,1-4H3,(H,26,27)/b14-7+. The molecular formula is C25H24O3. The molecule has 0 saturated heterocycles. The number of hydrogen-bond donors (Lipinski definition) is 1. The summed E-state index contributed by atoms with van der Waals surface area (Å²) in [4.78, 5) is 11.0. The lowest BCUT2D eigenvalue weighted by Gasteiger charge is -2.13. The minimum absolute atomic E-state index is 0.295. The molecule has 142 valence electrons. The third-order valence-corrected chi connectivity index (χ3v) is 5.15. The second-order valence-corrected chi connectivity index (χ2v) is 6.90. The zero-order chi connectivity index (χ0) is 20.3. The third-order valence-electron chi connectivity index (χ3n) is 5.15. The summed E-state index contributed by atoms with van der Waals surface area (Å²) in [6.45, 7) is 6.29. The summed E-state index contributed by atoms with van der Waals surface area (Å²) >= 11 is 0. The summed E-state index contributed by atoms with van der Waals surface area (Å²) < 4.78 is 5.44. The molecule has 0 unspecified atom stereocenters. The first-order valence-corrected chi connectivity index (χ1v) is 9.17. The van der Waals surface area contributed by atoms with Gasteiger partial charge < -0.3 is 9.84 Å². The second-order valence-electron chi connectivity index (χ2n) is 6.90. The molecule has 3 aromatic carbocycles. The Morgan fingerprint density at radius 1 is 0.857 bits per heavy atom. The molecule has 3 rings (SSSR count). The van der Waals surface area contributed by atoms with Gasteiger partial charge >= 0.3 is 5.97 Å². The molecule has 0 bridgehead atoms. The van der Waals surface area contributed by atoms with Crippen LogP contribution < -0.4 is 4.74 Å². The van der Waals surface area contributed by atoms with Gasteiger partial charge in [0.1, 0.15) is 5.75 Å². The van der Waals surface area contributed by atoms with Gasteiger partial charge in [0.15, 0.2) is 0 Å². The molecule has 0 saturated carbocycles. The second kappa shape index (κ2) is 8.13. The van der Waals surface area contributed by atoms with Crippen molar-refractivity contribution in [3.05, 3.63) is 88.0 Å². The van der Waals surface area contributed by atoms with Crippen molar-refractivity contribution in [2.45, 2.75) is 20.8 Å². The van der Waals surface area contributed by atoms with Gasteiger partial charge in [-0.1, -0.05) is 48.6 Å². The number of carboxylic acid groups (broad SMARTS) is 1. The molecule has 0 fully saturated rings. The SMILES string of the molecule is COc1cc(C)c(/C=C/c2ccc(-c3ccc(C(=O)O)cc3)cc2)c(C)c1C. The van der Waals surface area contributed by atoms with E-state index < -0.39 is 5.97 Å². The minimum atomic E-state index is -0.911. The van der Waals surface area contributed by atoms with E-state index in [9.17, 15) is 4.79 Å². The summed E-state index contributed by atoms with van der Waals surface area (Å²) in [7, 11) is 1.70. The number of carboxylic acids is 1. The summed E-state index contributed by atoms with van der Waals surface area (Å²) in [5.74, 6) is 0.0109. The van der Waals surface area contributed by atoms with Crippen LogP contribution in [0.5, 0.6) is 5.75 Å². The quantitative estimate of drug-likeness (QED) is 0.546. The normalized spacial score (nSPS) is 11.0. The Labute approximate surface area is 165 Å².